The largest absolute Gasteiger partial charge is 0.453 e. The molecule has 7 heterocycles. The van der Waals surface area contributed by atoms with Crippen LogP contribution in [0.2, 0.25) is 0 Å². The topological polar surface area (TPSA) is 177 Å². The van der Waals surface area contributed by atoms with Gasteiger partial charge in [0.05, 0.1) is 22.2 Å². The second-order valence-electron chi connectivity index (χ2n) is 22.2. The number of amidine groups is 1. The van der Waals surface area contributed by atoms with Crippen LogP contribution in [0, 0.1) is 30.1 Å². The van der Waals surface area contributed by atoms with Crippen molar-refractivity contribution >= 4 is 40.7 Å². The molecular formula is C57H67F3N12O4S. The zero-order chi connectivity index (χ0) is 54.0. The van der Waals surface area contributed by atoms with E-state index in [1.54, 1.807) is 11.3 Å². The lowest BCUT2D eigenvalue weighted by Crippen LogP contribution is -2.58. The predicted molar refractivity (Wildman–Crippen MR) is 288 cm³/mol. The van der Waals surface area contributed by atoms with Gasteiger partial charge in [-0.3, -0.25) is 19.3 Å². The second kappa shape index (κ2) is 22.7. The number of carbonyl (C=O) groups is 3. The van der Waals surface area contributed by atoms with E-state index in [0.717, 1.165) is 108 Å². The summed E-state index contributed by atoms with van der Waals surface area (Å²) in [7, 11) is 0. The van der Waals surface area contributed by atoms with Crippen LogP contribution in [0.1, 0.15) is 118 Å². The molecule has 10 rings (SSSR count). The van der Waals surface area contributed by atoms with Crippen molar-refractivity contribution in [3.63, 3.8) is 0 Å². The number of halogens is 3. The van der Waals surface area contributed by atoms with Crippen LogP contribution in [0.3, 0.4) is 0 Å². The molecule has 3 N–H and O–H groups in total. The number of benzene rings is 2. The molecule has 1 saturated carbocycles. The Morgan fingerprint density at radius 3 is 2.16 bits per heavy atom. The number of nitrogens with zero attached hydrogens (tertiary/aromatic N) is 10. The first-order chi connectivity index (χ1) is 36.9. The molecule has 0 spiro atoms. The Morgan fingerprint density at radius 2 is 1.51 bits per heavy atom. The zero-order valence-corrected chi connectivity index (χ0v) is 44.9. The van der Waals surface area contributed by atoms with Crippen LogP contribution in [-0.4, -0.2) is 138 Å². The third-order valence-electron chi connectivity index (χ3n) is 16.0. The van der Waals surface area contributed by atoms with Crippen molar-refractivity contribution in [1.82, 2.24) is 50.2 Å². The summed E-state index contributed by atoms with van der Waals surface area (Å²) in [5, 5.41) is 28.1. The Labute approximate surface area is 451 Å². The Hall–Kier alpha value is -6.69. The predicted octanol–water partition coefficient (Wildman–Crippen LogP) is 7.00. The van der Waals surface area contributed by atoms with Crippen molar-refractivity contribution in [3.05, 3.63) is 112 Å². The average molecular weight is 1070 g/mol. The fourth-order valence-electron chi connectivity index (χ4n) is 11.5. The minimum absolute atomic E-state index is 0.0252. The molecule has 4 fully saturated rings. The Balaban J connectivity index is 0.652. The first kappa shape index (κ1) is 53.7. The number of aryl methyl sites for hydroxylation is 2. The van der Waals surface area contributed by atoms with Crippen LogP contribution in [0.25, 0.3) is 10.4 Å². The van der Waals surface area contributed by atoms with Crippen molar-refractivity contribution in [3.8, 4) is 22.3 Å². The first-order valence-corrected chi connectivity index (χ1v) is 27.8. The molecule has 0 unspecified atom stereocenters. The SMILES string of the molecule is Cc1ncsc1-c1ccc(CNC(=O)[C@@H]2C[C@H](O)CN2C(=O)[C@@H](NC(=O)C2CCC(N3CCN(c4ccc(C#Cc5ccc(C6CCN(C7=Nn8c(nnc8C(F)(F)F)CC7)CC6)cc5)cn4)CC3)CC2)C(C)(C)C)cc1. The van der Waals surface area contributed by atoms with E-state index in [0.29, 0.717) is 43.7 Å². The number of carbonyl (C=O) groups excluding carboxylic acids is 3. The standard InChI is InChI=1S/C57H67F3N12O4S/c1-36-50(77-35-63-36)42-14-9-39(10-15-42)33-62-53(75)46-31-45(73)34-71(46)54(76)51(56(2,3)4)64-52(74)43-16-18-44(19-17-43)68-27-29-70(30-28-68)47-20-11-38(32-61-47)6-5-37-7-12-40(13-8-37)41-23-25-69(26-24-41)49-22-21-48-65-66-55(57(58,59)60)72(48)67-49/h7-15,20,32,35,41,43-46,51,73H,16-19,21-31,33-34H2,1-4H3,(H,62,75)(H,64,74)/t43?,44?,45-,46-,51+/m0/s1. The zero-order valence-electron chi connectivity index (χ0n) is 44.1. The number of β-amino-alcohol motifs (C(OH)–C–C–N with tert-alkyl or cyclic N) is 1. The highest BCUT2D eigenvalue weighted by Crippen LogP contribution is 2.35. The molecule has 2 aromatic carbocycles. The van der Waals surface area contributed by atoms with Gasteiger partial charge in [-0.15, -0.1) is 21.5 Å². The van der Waals surface area contributed by atoms with E-state index in [2.05, 4.69) is 69.6 Å². The number of hydrogen-bond donors (Lipinski definition) is 3. The molecule has 5 aromatic rings. The fourth-order valence-corrected chi connectivity index (χ4v) is 12.3. The highest BCUT2D eigenvalue weighted by atomic mass is 32.1. The molecule has 3 aromatic heterocycles. The van der Waals surface area contributed by atoms with Crippen LogP contribution in [-0.2, 0) is 33.5 Å². The van der Waals surface area contributed by atoms with E-state index in [4.69, 9.17) is 4.98 Å². The Morgan fingerprint density at radius 1 is 0.805 bits per heavy atom. The van der Waals surface area contributed by atoms with E-state index in [1.165, 1.54) is 10.5 Å². The van der Waals surface area contributed by atoms with Gasteiger partial charge in [-0.25, -0.2) is 9.97 Å². The van der Waals surface area contributed by atoms with Gasteiger partial charge < -0.3 is 30.4 Å². The van der Waals surface area contributed by atoms with Gasteiger partial charge in [-0.1, -0.05) is 69.0 Å². The number of nitrogens with one attached hydrogen (secondary N) is 2. The quantitative estimate of drug-likeness (QED) is 0.123. The van der Waals surface area contributed by atoms with Gasteiger partial charge in [-0.2, -0.15) is 22.9 Å². The normalized spacial score (nSPS) is 21.9. The van der Waals surface area contributed by atoms with Crippen LogP contribution >= 0.6 is 11.3 Å². The molecular weight excluding hydrogens is 1010 g/mol. The van der Waals surface area contributed by atoms with Crippen LogP contribution in [0.5, 0.6) is 0 Å². The number of alkyl halides is 3. The van der Waals surface area contributed by atoms with E-state index < -0.39 is 35.6 Å². The van der Waals surface area contributed by atoms with Crippen LogP contribution in [0.4, 0.5) is 19.0 Å². The van der Waals surface area contributed by atoms with E-state index in [9.17, 15) is 32.7 Å². The molecule has 3 amide bonds. The van der Waals surface area contributed by atoms with Gasteiger partial charge in [0.15, 0.2) is 5.82 Å². The monoisotopic (exact) mass is 1070 g/mol. The number of aromatic nitrogens is 5. The summed E-state index contributed by atoms with van der Waals surface area (Å²) in [5.41, 5.74) is 7.08. The smallest absolute Gasteiger partial charge is 0.391 e. The molecule has 3 saturated heterocycles. The van der Waals surface area contributed by atoms with Crippen LogP contribution < -0.4 is 15.5 Å². The molecule has 16 nitrogen and oxygen atoms in total. The van der Waals surface area contributed by atoms with E-state index >= 15 is 0 Å². The average Bonchev–Trinajstić information content (AvgIpc) is 4.24. The van der Waals surface area contributed by atoms with E-state index in [-0.39, 0.29) is 49.0 Å². The maximum absolute atomic E-state index is 14.3. The molecule has 4 aliphatic heterocycles. The molecule has 0 bridgehead atoms. The van der Waals surface area contributed by atoms with E-state index in [1.807, 2.05) is 87.9 Å². The molecule has 1 aliphatic carbocycles. The van der Waals surface area contributed by atoms with Crippen molar-refractivity contribution in [2.45, 2.75) is 128 Å². The number of piperidine rings is 1. The summed E-state index contributed by atoms with van der Waals surface area (Å²) < 4.78 is 41.2. The van der Waals surface area contributed by atoms with Gasteiger partial charge in [0, 0.05) is 101 Å². The molecule has 5 aliphatic rings. The number of aliphatic hydroxyl groups excluding tert-OH is 1. The summed E-state index contributed by atoms with van der Waals surface area (Å²) in [6, 6.07) is 19.0. The third kappa shape index (κ3) is 12.4. The number of rotatable bonds is 10. The highest BCUT2D eigenvalue weighted by Gasteiger charge is 2.46. The van der Waals surface area contributed by atoms with Gasteiger partial charge in [0.25, 0.3) is 5.82 Å². The molecule has 3 atom stereocenters. The number of likely N-dealkylation sites (tertiary alicyclic amines) is 2. The second-order valence-corrected chi connectivity index (χ2v) is 23.1. The fraction of sp³-hybridized carbons (Fsp3) is 0.509. The van der Waals surface area contributed by atoms with Crippen molar-refractivity contribution in [2.75, 3.05) is 50.7 Å². The maximum atomic E-state index is 14.3. The van der Waals surface area contributed by atoms with Crippen molar-refractivity contribution in [1.29, 1.82) is 0 Å². The lowest BCUT2D eigenvalue weighted by molar-refractivity contribution is -0.147. The summed E-state index contributed by atoms with van der Waals surface area (Å²) in [4.78, 5) is 60.4. The number of aliphatic hydroxyl groups is 1. The molecule has 0 radical (unpaired) electrons. The van der Waals surface area contributed by atoms with Crippen molar-refractivity contribution < 1.29 is 32.7 Å². The number of anilines is 1. The first-order valence-electron chi connectivity index (χ1n) is 26.9. The number of thiazole rings is 1. The number of fused-ring (bicyclic) bond motifs is 1. The third-order valence-corrected chi connectivity index (χ3v) is 17.0. The molecule has 406 valence electrons. The highest BCUT2D eigenvalue weighted by molar-refractivity contribution is 7.13. The minimum atomic E-state index is -4.61. The number of piperazine rings is 1. The van der Waals surface area contributed by atoms with Crippen molar-refractivity contribution in [2.24, 2.45) is 16.4 Å². The lowest BCUT2D eigenvalue weighted by atomic mass is 9.82. The summed E-state index contributed by atoms with van der Waals surface area (Å²) >= 11 is 1.58. The van der Waals surface area contributed by atoms with Gasteiger partial charge in [0.1, 0.15) is 23.7 Å². The lowest BCUT2D eigenvalue weighted by Gasteiger charge is -2.42. The minimum Gasteiger partial charge on any atom is -0.391 e. The number of pyridine rings is 1. The Bertz CT molecular complexity index is 2990. The van der Waals surface area contributed by atoms with Gasteiger partial charge >= 0.3 is 6.18 Å². The summed E-state index contributed by atoms with van der Waals surface area (Å²) in [6.45, 7) is 12.9. The van der Waals surface area contributed by atoms with Gasteiger partial charge in [0.2, 0.25) is 17.7 Å². The maximum Gasteiger partial charge on any atom is 0.453 e. The number of amides is 3. The Kier molecular flexibility index (Phi) is 15.8. The molecule has 77 heavy (non-hydrogen) atoms. The molecule has 20 heteroatoms. The van der Waals surface area contributed by atoms with Crippen LogP contribution in [0.15, 0.2) is 77.5 Å². The number of hydrogen-bond acceptors (Lipinski definition) is 13. The summed E-state index contributed by atoms with van der Waals surface area (Å²) in [6.07, 6.45) is 2.37. The summed E-state index contributed by atoms with van der Waals surface area (Å²) in [5.74, 6) is 6.54. The van der Waals surface area contributed by atoms with Gasteiger partial charge in [-0.05, 0) is 97.7 Å².